The van der Waals surface area contributed by atoms with Crippen molar-refractivity contribution < 1.29 is 9.21 Å². The average Bonchev–Trinajstić information content (AvgIpc) is 3.25. The summed E-state index contributed by atoms with van der Waals surface area (Å²) < 4.78 is 7.12. The zero-order chi connectivity index (χ0) is 15.6. The van der Waals surface area contributed by atoms with Crippen molar-refractivity contribution in [3.05, 3.63) is 48.9 Å². The van der Waals surface area contributed by atoms with Crippen molar-refractivity contribution in [2.24, 2.45) is 0 Å². The summed E-state index contributed by atoms with van der Waals surface area (Å²) in [6.07, 6.45) is 10.6. The van der Waals surface area contributed by atoms with Crippen molar-refractivity contribution >= 4 is 16.9 Å². The Balaban J connectivity index is 1.40. The zero-order valence-electron chi connectivity index (χ0n) is 12.7. The Kier molecular flexibility index (Phi) is 3.57. The van der Waals surface area contributed by atoms with E-state index in [1.807, 2.05) is 12.3 Å². The van der Waals surface area contributed by atoms with Crippen LogP contribution in [0.15, 0.2) is 47.7 Å². The van der Waals surface area contributed by atoms with E-state index in [0.717, 1.165) is 31.3 Å². The van der Waals surface area contributed by atoms with Gasteiger partial charge in [0, 0.05) is 29.9 Å². The summed E-state index contributed by atoms with van der Waals surface area (Å²) in [5.74, 6) is -0.157. The molecule has 3 aromatic rings. The van der Waals surface area contributed by atoms with E-state index in [1.54, 1.807) is 0 Å². The molecule has 0 atom stereocenters. The van der Waals surface area contributed by atoms with Crippen molar-refractivity contribution in [3.8, 4) is 0 Å². The Bertz CT molecular complexity index is 801. The van der Waals surface area contributed by atoms with E-state index in [0.29, 0.717) is 11.7 Å². The Labute approximate surface area is 133 Å². The van der Waals surface area contributed by atoms with Crippen LogP contribution in [-0.4, -0.2) is 26.5 Å². The van der Waals surface area contributed by atoms with Crippen LogP contribution in [-0.2, 0) is 0 Å². The van der Waals surface area contributed by atoms with Gasteiger partial charge in [0.05, 0.1) is 0 Å². The number of fused-ring (bicyclic) bond motifs is 1. The molecule has 0 aromatic carbocycles. The number of hydrogen-bond donors (Lipinski definition) is 1. The lowest BCUT2D eigenvalue weighted by Crippen LogP contribution is -2.38. The third-order valence-corrected chi connectivity index (χ3v) is 4.57. The van der Waals surface area contributed by atoms with Crippen LogP contribution in [0.3, 0.4) is 0 Å². The molecule has 1 saturated carbocycles. The highest BCUT2D eigenvalue weighted by Gasteiger charge is 2.25. The molecule has 118 valence electrons. The number of nitrogens with one attached hydrogen (secondary N) is 1. The molecule has 23 heavy (non-hydrogen) atoms. The topological polar surface area (TPSA) is 73.0 Å². The smallest absolute Gasteiger partial charge is 0.273 e. The Morgan fingerprint density at radius 2 is 2.09 bits per heavy atom. The summed E-state index contributed by atoms with van der Waals surface area (Å²) in [6, 6.07) is 6.81. The lowest BCUT2D eigenvalue weighted by molar-refractivity contribution is 0.0917. The van der Waals surface area contributed by atoms with Gasteiger partial charge in [0.1, 0.15) is 11.9 Å². The number of oxazole rings is 1. The van der Waals surface area contributed by atoms with Gasteiger partial charge in [-0.25, -0.2) is 9.97 Å². The minimum atomic E-state index is -0.157. The van der Waals surface area contributed by atoms with E-state index in [4.69, 9.17) is 4.42 Å². The van der Waals surface area contributed by atoms with E-state index in [2.05, 4.69) is 38.2 Å². The van der Waals surface area contributed by atoms with Gasteiger partial charge in [-0.15, -0.1) is 0 Å². The quantitative estimate of drug-likeness (QED) is 0.807. The molecule has 0 unspecified atom stereocenters. The maximum absolute atomic E-state index is 12.0. The third kappa shape index (κ3) is 2.72. The third-order valence-electron chi connectivity index (χ3n) is 4.57. The molecule has 1 aliphatic rings. The number of aromatic nitrogens is 3. The first kappa shape index (κ1) is 14.0. The van der Waals surface area contributed by atoms with Gasteiger partial charge in [-0.3, -0.25) is 4.79 Å². The molecule has 1 fully saturated rings. The van der Waals surface area contributed by atoms with Gasteiger partial charge in [-0.1, -0.05) is 0 Å². The summed E-state index contributed by atoms with van der Waals surface area (Å²) >= 11 is 0. The van der Waals surface area contributed by atoms with Crippen LogP contribution in [0, 0.1) is 0 Å². The van der Waals surface area contributed by atoms with E-state index in [1.165, 1.54) is 18.0 Å². The monoisotopic (exact) mass is 310 g/mol. The molecule has 6 nitrogen and oxygen atoms in total. The predicted octanol–water partition coefficient (Wildman–Crippen LogP) is 2.94. The summed E-state index contributed by atoms with van der Waals surface area (Å²) in [6.45, 7) is 0. The molecule has 1 N–H and O–H groups in total. The van der Waals surface area contributed by atoms with E-state index < -0.39 is 0 Å². The minimum Gasteiger partial charge on any atom is -0.451 e. The van der Waals surface area contributed by atoms with Crippen molar-refractivity contribution in [2.75, 3.05) is 0 Å². The van der Waals surface area contributed by atoms with Crippen molar-refractivity contribution in [3.63, 3.8) is 0 Å². The largest absolute Gasteiger partial charge is 0.451 e. The fourth-order valence-electron chi connectivity index (χ4n) is 3.36. The van der Waals surface area contributed by atoms with Crippen molar-refractivity contribution in [2.45, 2.75) is 37.8 Å². The van der Waals surface area contributed by atoms with Crippen LogP contribution in [0.25, 0.3) is 11.0 Å². The molecule has 0 radical (unpaired) electrons. The maximum Gasteiger partial charge on any atom is 0.273 e. The van der Waals surface area contributed by atoms with Crippen molar-refractivity contribution in [1.29, 1.82) is 0 Å². The molecule has 4 rings (SSSR count). The molecular formula is C17H18N4O2. The van der Waals surface area contributed by atoms with Gasteiger partial charge >= 0.3 is 0 Å². The van der Waals surface area contributed by atoms with Crippen LogP contribution in [0.5, 0.6) is 0 Å². The van der Waals surface area contributed by atoms with Gasteiger partial charge in [0.15, 0.2) is 12.1 Å². The van der Waals surface area contributed by atoms with Crippen LogP contribution in [0.1, 0.15) is 42.2 Å². The molecule has 1 aliphatic carbocycles. The second-order valence-electron chi connectivity index (χ2n) is 5.99. The predicted molar refractivity (Wildman–Crippen MR) is 85.0 cm³/mol. The lowest BCUT2D eigenvalue weighted by Gasteiger charge is -2.30. The van der Waals surface area contributed by atoms with Crippen LogP contribution < -0.4 is 5.32 Å². The lowest BCUT2D eigenvalue weighted by atomic mass is 9.91. The van der Waals surface area contributed by atoms with Gasteiger partial charge in [0.2, 0.25) is 0 Å². The van der Waals surface area contributed by atoms with Gasteiger partial charge in [0.25, 0.3) is 5.91 Å². The van der Waals surface area contributed by atoms with E-state index in [9.17, 15) is 4.79 Å². The molecule has 3 aromatic heterocycles. The Hall–Kier alpha value is -2.63. The molecule has 6 heteroatoms. The SMILES string of the molecule is O=C(NC1CCC(n2ccc3cccnc32)CC1)c1cocn1. The highest BCUT2D eigenvalue weighted by molar-refractivity contribution is 5.92. The summed E-state index contributed by atoms with van der Waals surface area (Å²) in [5.41, 5.74) is 1.38. The molecular weight excluding hydrogens is 292 g/mol. The van der Waals surface area contributed by atoms with Crippen LogP contribution in [0.2, 0.25) is 0 Å². The molecule has 0 saturated heterocycles. The van der Waals surface area contributed by atoms with Gasteiger partial charge < -0.3 is 14.3 Å². The number of carbonyl (C=O) groups is 1. The second kappa shape index (κ2) is 5.87. The Morgan fingerprint density at radius 1 is 1.22 bits per heavy atom. The number of hydrogen-bond acceptors (Lipinski definition) is 4. The molecule has 0 bridgehead atoms. The van der Waals surface area contributed by atoms with Crippen molar-refractivity contribution in [1.82, 2.24) is 19.9 Å². The summed E-state index contributed by atoms with van der Waals surface area (Å²) in [5, 5.41) is 4.21. The van der Waals surface area contributed by atoms with E-state index >= 15 is 0 Å². The van der Waals surface area contributed by atoms with Gasteiger partial charge in [-0.2, -0.15) is 0 Å². The maximum atomic E-state index is 12.0. The molecule has 3 heterocycles. The fourth-order valence-corrected chi connectivity index (χ4v) is 3.36. The number of amides is 1. The zero-order valence-corrected chi connectivity index (χ0v) is 12.7. The summed E-state index contributed by atoms with van der Waals surface area (Å²) in [7, 11) is 0. The first-order valence-electron chi connectivity index (χ1n) is 7.92. The number of rotatable bonds is 3. The molecule has 1 amide bonds. The average molecular weight is 310 g/mol. The number of pyridine rings is 1. The summed E-state index contributed by atoms with van der Waals surface area (Å²) in [4.78, 5) is 20.4. The first-order chi connectivity index (χ1) is 11.3. The number of nitrogens with zero attached hydrogens (tertiary/aromatic N) is 3. The Morgan fingerprint density at radius 3 is 2.87 bits per heavy atom. The highest BCUT2D eigenvalue weighted by atomic mass is 16.3. The first-order valence-corrected chi connectivity index (χ1v) is 7.92. The van der Waals surface area contributed by atoms with E-state index in [-0.39, 0.29) is 11.9 Å². The minimum absolute atomic E-state index is 0.157. The standard InChI is InChI=1S/C17H18N4O2/c22-17(15-10-23-11-19-15)20-13-3-5-14(6-4-13)21-9-7-12-2-1-8-18-16(12)21/h1-2,7-11,13-14H,3-6H2,(H,20,22). The molecule has 0 spiro atoms. The van der Waals surface area contributed by atoms with Crippen LogP contribution >= 0.6 is 0 Å². The second-order valence-corrected chi connectivity index (χ2v) is 5.99. The fraction of sp³-hybridized carbons (Fsp3) is 0.353. The van der Waals surface area contributed by atoms with Crippen LogP contribution in [0.4, 0.5) is 0 Å². The molecule has 0 aliphatic heterocycles. The van der Waals surface area contributed by atoms with Gasteiger partial charge in [-0.05, 0) is 43.9 Å². The highest BCUT2D eigenvalue weighted by Crippen LogP contribution is 2.31. The normalized spacial score (nSPS) is 21.4. The number of carbonyl (C=O) groups excluding carboxylic acids is 1.